The largest absolute Gasteiger partial charge is 0.490 e. The Labute approximate surface area is 167 Å². The summed E-state index contributed by atoms with van der Waals surface area (Å²) in [6, 6.07) is 1.26. The number of aliphatic carboxylic acids is 1. The summed E-state index contributed by atoms with van der Waals surface area (Å²) in [4.78, 5) is 11.5. The predicted octanol–water partition coefficient (Wildman–Crippen LogP) is 3.96. The van der Waals surface area contributed by atoms with Crippen molar-refractivity contribution in [2.24, 2.45) is 0 Å². The van der Waals surface area contributed by atoms with Crippen molar-refractivity contribution in [1.29, 1.82) is 0 Å². The molecule has 0 bridgehead atoms. The number of hydrogen-bond donors (Lipinski definition) is 1. The lowest BCUT2D eigenvalue weighted by Gasteiger charge is -2.35. The molecule has 28 heavy (non-hydrogen) atoms. The summed E-state index contributed by atoms with van der Waals surface area (Å²) < 4.78 is 33.9. The van der Waals surface area contributed by atoms with E-state index < -0.39 is 12.1 Å². The van der Waals surface area contributed by atoms with Gasteiger partial charge >= 0.3 is 12.1 Å². The molecule has 3 rings (SSSR count). The van der Waals surface area contributed by atoms with E-state index in [9.17, 15) is 13.2 Å². The van der Waals surface area contributed by atoms with Crippen molar-refractivity contribution >= 4 is 17.7 Å². The molecular formula is C18H29F3N4O2S. The second-order valence-electron chi connectivity index (χ2n) is 7.48. The monoisotopic (exact) mass is 422 g/mol. The number of likely N-dealkylation sites (tertiary alicyclic amines) is 1. The van der Waals surface area contributed by atoms with Crippen LogP contribution >= 0.6 is 11.8 Å². The molecule has 0 amide bonds. The molecule has 1 N–H and O–H groups in total. The molecule has 1 saturated heterocycles. The minimum atomic E-state index is -5.08. The first-order valence-electron chi connectivity index (χ1n) is 9.67. The fourth-order valence-corrected chi connectivity index (χ4v) is 4.51. The Morgan fingerprint density at radius 1 is 1.29 bits per heavy atom. The zero-order chi connectivity index (χ0) is 20.7. The number of hydrogen-bond acceptors (Lipinski definition) is 5. The van der Waals surface area contributed by atoms with Crippen molar-refractivity contribution in [3.05, 3.63) is 11.9 Å². The van der Waals surface area contributed by atoms with Crippen molar-refractivity contribution in [2.45, 2.75) is 69.6 Å². The Kier molecular flexibility index (Phi) is 8.60. The smallest absolute Gasteiger partial charge is 0.475 e. The van der Waals surface area contributed by atoms with E-state index in [0.29, 0.717) is 18.0 Å². The van der Waals surface area contributed by atoms with E-state index in [4.69, 9.17) is 9.90 Å². The van der Waals surface area contributed by atoms with Gasteiger partial charge in [0, 0.05) is 37.0 Å². The molecule has 1 saturated carbocycles. The molecule has 1 aromatic rings. The van der Waals surface area contributed by atoms with Crippen molar-refractivity contribution in [2.75, 3.05) is 25.1 Å². The van der Waals surface area contributed by atoms with Crippen molar-refractivity contribution in [3.8, 4) is 0 Å². The number of rotatable bonds is 5. The minimum Gasteiger partial charge on any atom is -0.475 e. The molecule has 2 fully saturated rings. The minimum absolute atomic E-state index is 0.561. The SMILES string of the molecule is CSCC(C)N1CCC(n2cc(C3CCCC3)nn2)CC1.O=C(O)C(F)(F)F. The number of halogens is 3. The Morgan fingerprint density at radius 2 is 1.86 bits per heavy atom. The first-order valence-corrected chi connectivity index (χ1v) is 11.1. The molecule has 10 heteroatoms. The van der Waals surface area contributed by atoms with Crippen LogP contribution in [0.25, 0.3) is 0 Å². The summed E-state index contributed by atoms with van der Waals surface area (Å²) in [6.45, 7) is 4.75. The Balaban J connectivity index is 0.000000345. The maximum Gasteiger partial charge on any atom is 0.490 e. The van der Waals surface area contributed by atoms with Gasteiger partial charge in [-0.25, -0.2) is 9.48 Å². The van der Waals surface area contributed by atoms with Gasteiger partial charge in [-0.2, -0.15) is 24.9 Å². The highest BCUT2D eigenvalue weighted by atomic mass is 32.2. The highest BCUT2D eigenvalue weighted by molar-refractivity contribution is 7.98. The van der Waals surface area contributed by atoms with Gasteiger partial charge in [0.05, 0.1) is 11.7 Å². The third-order valence-electron chi connectivity index (χ3n) is 5.45. The zero-order valence-electron chi connectivity index (χ0n) is 16.4. The highest BCUT2D eigenvalue weighted by Crippen LogP contribution is 2.33. The van der Waals surface area contributed by atoms with E-state index in [1.807, 2.05) is 11.8 Å². The molecule has 1 aliphatic heterocycles. The van der Waals surface area contributed by atoms with Crippen molar-refractivity contribution in [3.63, 3.8) is 0 Å². The standard InChI is InChI=1S/C16H28N4S.C2HF3O2/c1-13(12-21-2)19-9-7-15(8-10-19)20-11-16(17-18-20)14-5-3-4-6-14;3-2(4,5)1(6)7/h11,13-15H,3-10,12H2,1-2H3;(H,6,7). The van der Waals surface area contributed by atoms with Gasteiger partial charge in [-0.15, -0.1) is 5.10 Å². The summed E-state index contributed by atoms with van der Waals surface area (Å²) in [5, 5.41) is 16.0. The molecule has 0 spiro atoms. The molecular weight excluding hydrogens is 393 g/mol. The predicted molar refractivity (Wildman–Crippen MR) is 103 cm³/mol. The summed E-state index contributed by atoms with van der Waals surface area (Å²) >= 11 is 1.95. The van der Waals surface area contributed by atoms with Gasteiger partial charge in [0.25, 0.3) is 0 Å². The van der Waals surface area contributed by atoms with Crippen LogP contribution in [0.5, 0.6) is 0 Å². The lowest BCUT2D eigenvalue weighted by Crippen LogP contribution is -2.41. The molecule has 1 unspecified atom stereocenters. The maximum absolute atomic E-state index is 10.6. The van der Waals surface area contributed by atoms with E-state index in [0.717, 1.165) is 0 Å². The van der Waals surface area contributed by atoms with Gasteiger partial charge < -0.3 is 5.11 Å². The van der Waals surface area contributed by atoms with Crippen LogP contribution < -0.4 is 0 Å². The van der Waals surface area contributed by atoms with Crippen molar-refractivity contribution in [1.82, 2.24) is 19.9 Å². The second kappa shape index (κ2) is 10.5. The van der Waals surface area contributed by atoms with Crippen LogP contribution in [0.3, 0.4) is 0 Å². The average molecular weight is 423 g/mol. The summed E-state index contributed by atoms with van der Waals surface area (Å²) in [5.41, 5.74) is 1.24. The number of carboxylic acid groups (broad SMARTS) is 1. The quantitative estimate of drug-likeness (QED) is 0.775. The number of thioether (sulfide) groups is 1. The van der Waals surface area contributed by atoms with Gasteiger partial charge in [-0.3, -0.25) is 4.90 Å². The highest BCUT2D eigenvalue weighted by Gasteiger charge is 2.38. The van der Waals surface area contributed by atoms with Gasteiger partial charge in [-0.1, -0.05) is 18.1 Å². The maximum atomic E-state index is 10.6. The topological polar surface area (TPSA) is 71.2 Å². The normalized spacial score (nSPS) is 20.6. The number of nitrogens with zero attached hydrogens (tertiary/aromatic N) is 4. The Morgan fingerprint density at radius 3 is 2.36 bits per heavy atom. The van der Waals surface area contributed by atoms with Gasteiger partial charge in [0.1, 0.15) is 0 Å². The number of carboxylic acids is 1. The molecule has 1 aliphatic carbocycles. The third kappa shape index (κ3) is 6.65. The van der Waals surface area contributed by atoms with E-state index in [1.54, 1.807) is 0 Å². The number of carbonyl (C=O) groups is 1. The molecule has 2 aliphatic rings. The van der Waals surface area contributed by atoms with Crippen LogP contribution in [0, 0.1) is 0 Å². The van der Waals surface area contributed by atoms with E-state index in [-0.39, 0.29) is 0 Å². The second-order valence-corrected chi connectivity index (χ2v) is 8.39. The van der Waals surface area contributed by atoms with E-state index >= 15 is 0 Å². The van der Waals surface area contributed by atoms with Crippen LogP contribution in [-0.2, 0) is 4.79 Å². The van der Waals surface area contributed by atoms with Crippen molar-refractivity contribution < 1.29 is 23.1 Å². The average Bonchev–Trinajstić information content (AvgIpc) is 3.33. The summed E-state index contributed by atoms with van der Waals surface area (Å²) in [7, 11) is 0. The number of alkyl halides is 3. The third-order valence-corrected chi connectivity index (χ3v) is 6.26. The molecule has 0 aromatic carbocycles. The molecule has 2 heterocycles. The van der Waals surface area contributed by atoms with Crippen LogP contribution in [-0.4, -0.2) is 68.3 Å². The fourth-order valence-electron chi connectivity index (χ4n) is 3.82. The first-order chi connectivity index (χ1) is 13.2. The lowest BCUT2D eigenvalue weighted by atomic mass is 10.0. The Hall–Kier alpha value is -1.29. The van der Waals surface area contributed by atoms with Gasteiger partial charge in [0.2, 0.25) is 0 Å². The van der Waals surface area contributed by atoms with Crippen LogP contribution in [0.2, 0.25) is 0 Å². The number of aromatic nitrogens is 3. The fraction of sp³-hybridized carbons (Fsp3) is 0.833. The van der Waals surface area contributed by atoms with E-state index in [1.165, 1.54) is 63.1 Å². The lowest BCUT2D eigenvalue weighted by molar-refractivity contribution is -0.192. The molecule has 1 atom stereocenters. The summed E-state index contributed by atoms with van der Waals surface area (Å²) in [5.74, 6) is -0.840. The zero-order valence-corrected chi connectivity index (χ0v) is 17.2. The summed E-state index contributed by atoms with van der Waals surface area (Å²) in [6.07, 6.45) is 7.13. The van der Waals surface area contributed by atoms with Crippen LogP contribution in [0.4, 0.5) is 13.2 Å². The Bertz CT molecular complexity index is 612. The van der Waals surface area contributed by atoms with Gasteiger partial charge in [0.15, 0.2) is 0 Å². The molecule has 6 nitrogen and oxygen atoms in total. The number of piperidine rings is 1. The van der Waals surface area contributed by atoms with Gasteiger partial charge in [-0.05, 0) is 38.9 Å². The molecule has 0 radical (unpaired) electrons. The molecule has 1 aromatic heterocycles. The first kappa shape index (κ1) is 23.0. The van der Waals surface area contributed by atoms with E-state index in [2.05, 4.69) is 39.3 Å². The molecule has 160 valence electrons. The van der Waals surface area contributed by atoms with Crippen LogP contribution in [0.15, 0.2) is 6.20 Å². The van der Waals surface area contributed by atoms with Crippen LogP contribution in [0.1, 0.15) is 63.1 Å².